The van der Waals surface area contributed by atoms with E-state index in [9.17, 15) is 9.90 Å². The van der Waals surface area contributed by atoms with E-state index in [1.807, 2.05) is 0 Å². The van der Waals surface area contributed by atoms with Gasteiger partial charge in [-0.2, -0.15) is 0 Å². The molecule has 0 atom stereocenters. The maximum Gasteiger partial charge on any atom is 0.231 e. The van der Waals surface area contributed by atoms with Crippen LogP contribution in [-0.2, 0) is 11.3 Å². The molecular formula is C20H17Cl2NO4. The maximum absolute atomic E-state index is 12.8. The Bertz CT molecular complexity index is 916. The highest BCUT2D eigenvalue weighted by atomic mass is 35.5. The van der Waals surface area contributed by atoms with Crippen molar-refractivity contribution in [3.63, 3.8) is 0 Å². The van der Waals surface area contributed by atoms with Crippen molar-refractivity contribution in [2.75, 3.05) is 26.3 Å². The molecule has 2 aromatic carbocycles. The molecule has 0 bridgehead atoms. The van der Waals surface area contributed by atoms with E-state index in [2.05, 4.69) is 0 Å². The zero-order chi connectivity index (χ0) is 19.0. The molecule has 1 N–H and O–H groups in total. The predicted molar refractivity (Wildman–Crippen MR) is 101 cm³/mol. The summed E-state index contributed by atoms with van der Waals surface area (Å²) in [6.45, 7) is 3.45. The van der Waals surface area contributed by atoms with Gasteiger partial charge in [-0.1, -0.05) is 41.1 Å². The van der Waals surface area contributed by atoms with Crippen LogP contribution in [0.15, 0.2) is 36.1 Å². The van der Waals surface area contributed by atoms with Crippen molar-refractivity contribution in [3.05, 3.63) is 62.8 Å². The Balaban J connectivity index is 1.69. The number of hydrogen-bond acceptors (Lipinski definition) is 4. The summed E-state index contributed by atoms with van der Waals surface area (Å²) >= 11 is 12.4. The number of fused-ring (bicyclic) bond motifs is 1. The summed E-state index contributed by atoms with van der Waals surface area (Å²) in [7, 11) is 0. The number of nitrogens with one attached hydrogen (secondary N) is 1. The Morgan fingerprint density at radius 1 is 1.11 bits per heavy atom. The molecule has 140 valence electrons. The minimum Gasteiger partial charge on any atom is -0.872 e. The van der Waals surface area contributed by atoms with Crippen molar-refractivity contribution < 1.29 is 24.3 Å². The molecule has 2 aliphatic heterocycles. The smallest absolute Gasteiger partial charge is 0.231 e. The number of Topliss-reactive ketones (excluding diaryl/α,β-unsaturated/α-hetero) is 1. The van der Waals surface area contributed by atoms with Crippen molar-refractivity contribution in [1.29, 1.82) is 0 Å². The molecule has 2 aromatic rings. The molecule has 1 fully saturated rings. The van der Waals surface area contributed by atoms with Crippen molar-refractivity contribution in [2.45, 2.75) is 6.54 Å². The number of carbonyl (C=O) groups is 1. The summed E-state index contributed by atoms with van der Waals surface area (Å²) in [5.41, 5.74) is 1.43. The van der Waals surface area contributed by atoms with E-state index < -0.39 is 0 Å². The number of allylic oxidation sites excluding steroid dienone is 1. The lowest BCUT2D eigenvalue weighted by molar-refractivity contribution is -0.921. The topological polar surface area (TPSA) is 63.0 Å². The monoisotopic (exact) mass is 405 g/mol. The van der Waals surface area contributed by atoms with Gasteiger partial charge in [-0.15, -0.1) is 0 Å². The molecule has 0 amide bonds. The van der Waals surface area contributed by atoms with Crippen LogP contribution in [0.3, 0.4) is 0 Å². The minimum atomic E-state index is -0.279. The van der Waals surface area contributed by atoms with Crippen LogP contribution in [0.2, 0.25) is 10.0 Å². The largest absolute Gasteiger partial charge is 0.872 e. The third kappa shape index (κ3) is 3.56. The summed E-state index contributed by atoms with van der Waals surface area (Å²) in [6.07, 6.45) is 1.53. The molecule has 27 heavy (non-hydrogen) atoms. The number of morpholine rings is 1. The van der Waals surface area contributed by atoms with Crippen LogP contribution >= 0.6 is 23.2 Å². The number of rotatable bonds is 3. The highest BCUT2D eigenvalue weighted by Crippen LogP contribution is 2.39. The van der Waals surface area contributed by atoms with Crippen LogP contribution in [0.5, 0.6) is 11.5 Å². The van der Waals surface area contributed by atoms with Crippen molar-refractivity contribution in [1.82, 2.24) is 0 Å². The summed E-state index contributed by atoms with van der Waals surface area (Å²) in [4.78, 5) is 14.0. The van der Waals surface area contributed by atoms with Gasteiger partial charge in [-0.25, -0.2) is 0 Å². The van der Waals surface area contributed by atoms with Gasteiger partial charge in [-0.3, -0.25) is 4.79 Å². The van der Waals surface area contributed by atoms with Gasteiger partial charge in [0.1, 0.15) is 25.4 Å². The molecule has 2 aliphatic rings. The highest BCUT2D eigenvalue weighted by Gasteiger charge is 2.31. The molecule has 0 saturated carbocycles. The predicted octanol–water partition coefficient (Wildman–Crippen LogP) is 2.10. The Kier molecular flexibility index (Phi) is 5.10. The summed E-state index contributed by atoms with van der Waals surface area (Å²) < 4.78 is 11.2. The SMILES string of the molecule is O=C1/C(=C/c2c(Cl)cccc2Cl)Oc2c1ccc([O-])c2C[NH+]1CCOCC1. The third-order valence-electron chi connectivity index (χ3n) is 4.80. The Hall–Kier alpha value is -2.05. The molecule has 0 radical (unpaired) electrons. The first-order chi connectivity index (χ1) is 13.0. The number of benzene rings is 2. The number of quaternary nitrogens is 1. The van der Waals surface area contributed by atoms with Gasteiger partial charge < -0.3 is 19.5 Å². The van der Waals surface area contributed by atoms with E-state index >= 15 is 0 Å². The normalized spacial score (nSPS) is 18.6. The number of ether oxygens (including phenoxy) is 2. The fourth-order valence-electron chi connectivity index (χ4n) is 3.32. The molecule has 0 aromatic heterocycles. The zero-order valence-corrected chi connectivity index (χ0v) is 15.9. The standard InChI is InChI=1S/C20H17Cl2NO4/c21-15-2-1-3-16(22)13(15)10-18-19(25)12-4-5-17(24)14(20(12)27-18)11-23-6-8-26-9-7-23/h1-5,10,24H,6-9,11H2/b18-10-. The fraction of sp³-hybridized carbons (Fsp3) is 0.250. The number of carbonyl (C=O) groups excluding carboxylic acids is 1. The van der Waals surface area contributed by atoms with Crippen LogP contribution in [0.1, 0.15) is 21.5 Å². The average Bonchev–Trinajstić information content (AvgIpc) is 2.98. The average molecular weight is 406 g/mol. The Labute approximate surface area is 166 Å². The van der Waals surface area contributed by atoms with E-state index in [4.69, 9.17) is 32.7 Å². The zero-order valence-electron chi connectivity index (χ0n) is 14.4. The van der Waals surface area contributed by atoms with E-state index in [1.165, 1.54) is 23.1 Å². The Morgan fingerprint density at radius 3 is 2.52 bits per heavy atom. The second-order valence-corrected chi connectivity index (χ2v) is 7.35. The van der Waals surface area contributed by atoms with E-state index in [0.717, 1.165) is 13.1 Å². The van der Waals surface area contributed by atoms with Crippen LogP contribution < -0.4 is 14.7 Å². The lowest BCUT2D eigenvalue weighted by Crippen LogP contribution is -3.12. The molecule has 2 heterocycles. The maximum atomic E-state index is 12.8. The third-order valence-corrected chi connectivity index (χ3v) is 5.46. The van der Waals surface area contributed by atoms with Crippen LogP contribution in [0.25, 0.3) is 6.08 Å². The second kappa shape index (κ2) is 7.52. The lowest BCUT2D eigenvalue weighted by Gasteiger charge is -2.26. The van der Waals surface area contributed by atoms with Crippen LogP contribution in [0, 0.1) is 0 Å². The van der Waals surface area contributed by atoms with Gasteiger partial charge in [0.15, 0.2) is 5.76 Å². The lowest BCUT2D eigenvalue weighted by atomic mass is 10.0. The molecule has 0 aliphatic carbocycles. The molecule has 1 saturated heterocycles. The van der Waals surface area contributed by atoms with E-state index in [-0.39, 0.29) is 17.3 Å². The van der Waals surface area contributed by atoms with Gasteiger partial charge >= 0.3 is 0 Å². The highest BCUT2D eigenvalue weighted by molar-refractivity contribution is 6.37. The summed E-state index contributed by atoms with van der Waals surface area (Å²) in [5, 5.41) is 13.3. The quantitative estimate of drug-likeness (QED) is 0.794. The molecule has 4 rings (SSSR count). The van der Waals surface area contributed by atoms with Crippen LogP contribution in [0.4, 0.5) is 0 Å². The van der Waals surface area contributed by atoms with Gasteiger partial charge in [-0.05, 0) is 24.3 Å². The minimum absolute atomic E-state index is 0.115. The van der Waals surface area contributed by atoms with Crippen molar-refractivity contribution >= 4 is 35.1 Å². The molecule has 7 heteroatoms. The van der Waals surface area contributed by atoms with E-state index in [0.29, 0.717) is 52.2 Å². The van der Waals surface area contributed by atoms with Crippen LogP contribution in [-0.4, -0.2) is 32.1 Å². The first-order valence-corrected chi connectivity index (χ1v) is 9.42. The fourth-order valence-corrected chi connectivity index (χ4v) is 3.83. The van der Waals surface area contributed by atoms with E-state index in [1.54, 1.807) is 18.2 Å². The summed E-state index contributed by atoms with van der Waals surface area (Å²) in [5.74, 6) is 0.0570. The molecule has 0 spiro atoms. The van der Waals surface area contributed by atoms with Gasteiger partial charge in [0.25, 0.3) is 0 Å². The first kappa shape index (κ1) is 18.3. The van der Waals surface area contributed by atoms with Gasteiger partial charge in [0.05, 0.1) is 18.8 Å². The molecular weight excluding hydrogens is 389 g/mol. The summed E-state index contributed by atoms with van der Waals surface area (Å²) in [6, 6.07) is 8.06. The van der Waals surface area contributed by atoms with Gasteiger partial charge in [0.2, 0.25) is 5.78 Å². The number of ketones is 1. The Morgan fingerprint density at radius 2 is 1.81 bits per heavy atom. The number of hydrogen-bond donors (Lipinski definition) is 1. The first-order valence-electron chi connectivity index (χ1n) is 8.67. The van der Waals surface area contributed by atoms with Gasteiger partial charge in [0, 0.05) is 21.2 Å². The molecule has 5 nitrogen and oxygen atoms in total. The van der Waals surface area contributed by atoms with Crippen molar-refractivity contribution in [3.8, 4) is 11.5 Å². The second-order valence-electron chi connectivity index (χ2n) is 6.53. The van der Waals surface area contributed by atoms with Crippen molar-refractivity contribution in [2.24, 2.45) is 0 Å². The molecule has 0 unspecified atom stereocenters. The number of halogens is 2.